The molecule has 20 heavy (non-hydrogen) atoms. The molecular formula is C12H15Cl2N3O3. The first kappa shape index (κ1) is 16.7. The molecule has 1 aromatic rings. The first-order valence-electron chi connectivity index (χ1n) is 5.98. The monoisotopic (exact) mass is 319 g/mol. The molecule has 1 aromatic carbocycles. The number of nitro benzene ring substituents is 1. The van der Waals surface area contributed by atoms with E-state index in [4.69, 9.17) is 17.3 Å². The number of nitrogens with two attached hydrogens (primary N) is 1. The molecule has 0 saturated carbocycles. The van der Waals surface area contributed by atoms with Gasteiger partial charge >= 0.3 is 0 Å². The fourth-order valence-corrected chi connectivity index (χ4v) is 2.28. The number of likely N-dealkylation sites (tertiary alicyclic amines) is 1. The van der Waals surface area contributed by atoms with Crippen molar-refractivity contribution in [2.24, 2.45) is 5.73 Å². The van der Waals surface area contributed by atoms with Crippen LogP contribution >= 0.6 is 24.0 Å². The van der Waals surface area contributed by atoms with Crippen molar-refractivity contribution in [3.05, 3.63) is 38.9 Å². The van der Waals surface area contributed by atoms with Gasteiger partial charge in [0.15, 0.2) is 0 Å². The zero-order valence-electron chi connectivity index (χ0n) is 10.6. The maximum atomic E-state index is 12.3. The summed E-state index contributed by atoms with van der Waals surface area (Å²) in [6, 6.07) is 4.18. The minimum atomic E-state index is -0.588. The number of nitrogens with zero attached hydrogens (tertiary/aromatic N) is 2. The molecule has 1 amide bonds. The third-order valence-electron chi connectivity index (χ3n) is 3.21. The Labute approximate surface area is 127 Å². The smallest absolute Gasteiger partial charge is 0.283 e. The lowest BCUT2D eigenvalue weighted by Gasteiger charge is -2.30. The van der Waals surface area contributed by atoms with Crippen LogP contribution in [0.4, 0.5) is 5.69 Å². The highest BCUT2D eigenvalue weighted by atomic mass is 35.5. The van der Waals surface area contributed by atoms with E-state index in [-0.39, 0.29) is 40.6 Å². The molecule has 0 bridgehead atoms. The number of hydrogen-bond acceptors (Lipinski definition) is 4. The van der Waals surface area contributed by atoms with E-state index >= 15 is 0 Å². The maximum absolute atomic E-state index is 12.3. The molecule has 1 fully saturated rings. The second-order valence-electron chi connectivity index (χ2n) is 4.55. The molecule has 0 aliphatic carbocycles. The van der Waals surface area contributed by atoms with Crippen molar-refractivity contribution < 1.29 is 9.72 Å². The molecule has 8 heteroatoms. The Kier molecular flexibility index (Phi) is 5.74. The van der Waals surface area contributed by atoms with Crippen LogP contribution in [0.5, 0.6) is 0 Å². The summed E-state index contributed by atoms with van der Waals surface area (Å²) in [5.41, 5.74) is 5.59. The van der Waals surface area contributed by atoms with E-state index in [1.54, 1.807) is 4.90 Å². The van der Waals surface area contributed by atoms with Crippen LogP contribution in [0.25, 0.3) is 0 Å². The van der Waals surface area contributed by atoms with Gasteiger partial charge in [-0.05, 0) is 25.0 Å². The number of rotatable bonds is 2. The van der Waals surface area contributed by atoms with Gasteiger partial charge in [0.25, 0.3) is 11.6 Å². The molecular weight excluding hydrogens is 305 g/mol. The van der Waals surface area contributed by atoms with Gasteiger partial charge in [-0.1, -0.05) is 11.6 Å². The first-order valence-corrected chi connectivity index (χ1v) is 6.35. The highest BCUT2D eigenvalue weighted by Gasteiger charge is 2.27. The highest BCUT2D eigenvalue weighted by molar-refractivity contribution is 6.31. The Bertz CT molecular complexity index is 517. The first-order chi connectivity index (χ1) is 8.99. The average molecular weight is 320 g/mol. The number of halogens is 2. The minimum Gasteiger partial charge on any atom is -0.338 e. The van der Waals surface area contributed by atoms with Gasteiger partial charge in [0.1, 0.15) is 5.56 Å². The quantitative estimate of drug-likeness (QED) is 0.668. The summed E-state index contributed by atoms with van der Waals surface area (Å²) in [5.74, 6) is -0.338. The molecule has 0 radical (unpaired) electrons. The number of carbonyl (C=O) groups excluding carboxylic acids is 1. The van der Waals surface area contributed by atoms with Crippen molar-refractivity contribution in [1.29, 1.82) is 0 Å². The largest absolute Gasteiger partial charge is 0.338 e. The lowest BCUT2D eigenvalue weighted by Crippen LogP contribution is -2.43. The van der Waals surface area contributed by atoms with Gasteiger partial charge in [-0.2, -0.15) is 0 Å². The molecule has 0 atom stereocenters. The fraction of sp³-hybridized carbons (Fsp3) is 0.417. The lowest BCUT2D eigenvalue weighted by molar-refractivity contribution is -0.385. The van der Waals surface area contributed by atoms with E-state index < -0.39 is 4.92 Å². The number of amides is 1. The van der Waals surface area contributed by atoms with E-state index in [0.29, 0.717) is 25.9 Å². The number of benzene rings is 1. The number of nitro groups is 1. The predicted molar refractivity (Wildman–Crippen MR) is 78.5 cm³/mol. The zero-order chi connectivity index (χ0) is 14.0. The number of carbonyl (C=O) groups is 1. The molecule has 2 N–H and O–H groups in total. The third kappa shape index (κ3) is 3.59. The minimum absolute atomic E-state index is 0. The van der Waals surface area contributed by atoms with Crippen molar-refractivity contribution in [1.82, 2.24) is 4.90 Å². The summed E-state index contributed by atoms with van der Waals surface area (Å²) < 4.78 is 0. The molecule has 1 saturated heterocycles. The summed E-state index contributed by atoms with van der Waals surface area (Å²) >= 11 is 5.72. The summed E-state index contributed by atoms with van der Waals surface area (Å²) in [6.45, 7) is 1.06. The zero-order valence-corrected chi connectivity index (χ0v) is 12.2. The van der Waals surface area contributed by atoms with E-state index in [0.717, 1.165) is 0 Å². The standard InChI is InChI=1S/C12H14ClN3O3.ClH/c13-8-1-2-10(11(7-8)16(18)19)12(17)15-5-3-9(14)4-6-15;/h1-2,7,9H,3-6,14H2;1H. The summed E-state index contributed by atoms with van der Waals surface area (Å²) in [5, 5.41) is 11.2. The Morgan fingerprint density at radius 1 is 1.40 bits per heavy atom. The Balaban J connectivity index is 0.00000200. The molecule has 1 aliphatic heterocycles. The molecule has 1 aliphatic rings. The summed E-state index contributed by atoms with van der Waals surface area (Å²) in [4.78, 5) is 24.3. The molecule has 0 spiro atoms. The van der Waals surface area contributed by atoms with Crippen molar-refractivity contribution in [2.75, 3.05) is 13.1 Å². The number of hydrogen-bond donors (Lipinski definition) is 1. The van der Waals surface area contributed by atoms with Crippen LogP contribution in [0, 0.1) is 10.1 Å². The molecule has 2 rings (SSSR count). The van der Waals surface area contributed by atoms with Crippen LogP contribution in [0.15, 0.2) is 18.2 Å². The Morgan fingerprint density at radius 2 is 2.00 bits per heavy atom. The van der Waals surface area contributed by atoms with Gasteiger partial charge < -0.3 is 10.6 Å². The average Bonchev–Trinajstić information content (AvgIpc) is 2.38. The van der Waals surface area contributed by atoms with E-state index in [1.165, 1.54) is 18.2 Å². The molecule has 110 valence electrons. The van der Waals surface area contributed by atoms with E-state index in [2.05, 4.69) is 0 Å². The molecule has 0 aromatic heterocycles. The van der Waals surface area contributed by atoms with Crippen LogP contribution in [0.2, 0.25) is 5.02 Å². The van der Waals surface area contributed by atoms with Crippen molar-refractivity contribution >= 4 is 35.6 Å². The second-order valence-corrected chi connectivity index (χ2v) is 4.98. The van der Waals surface area contributed by atoms with Gasteiger partial charge in [0, 0.05) is 30.2 Å². The van der Waals surface area contributed by atoms with Crippen molar-refractivity contribution in [3.8, 4) is 0 Å². The van der Waals surface area contributed by atoms with Crippen LogP contribution in [0.3, 0.4) is 0 Å². The fourth-order valence-electron chi connectivity index (χ4n) is 2.11. The van der Waals surface area contributed by atoms with E-state index in [1.807, 2.05) is 0 Å². The molecule has 6 nitrogen and oxygen atoms in total. The van der Waals surface area contributed by atoms with Gasteiger partial charge in [-0.15, -0.1) is 12.4 Å². The molecule has 1 heterocycles. The Hall–Kier alpha value is -1.37. The second kappa shape index (κ2) is 6.88. The summed E-state index contributed by atoms with van der Waals surface area (Å²) in [7, 11) is 0. The maximum Gasteiger partial charge on any atom is 0.283 e. The van der Waals surface area contributed by atoms with Gasteiger partial charge in [-0.25, -0.2) is 0 Å². The van der Waals surface area contributed by atoms with Gasteiger partial charge in [0.05, 0.1) is 4.92 Å². The van der Waals surface area contributed by atoms with Crippen LogP contribution in [0.1, 0.15) is 23.2 Å². The van der Waals surface area contributed by atoms with Gasteiger partial charge in [-0.3, -0.25) is 14.9 Å². The summed E-state index contributed by atoms with van der Waals surface area (Å²) in [6.07, 6.45) is 1.43. The van der Waals surface area contributed by atoms with Crippen molar-refractivity contribution in [2.45, 2.75) is 18.9 Å². The number of piperidine rings is 1. The Morgan fingerprint density at radius 3 is 2.55 bits per heavy atom. The highest BCUT2D eigenvalue weighted by Crippen LogP contribution is 2.25. The SMILES string of the molecule is Cl.NC1CCN(C(=O)c2ccc(Cl)cc2[N+](=O)[O-])CC1. The third-order valence-corrected chi connectivity index (χ3v) is 3.45. The van der Waals surface area contributed by atoms with E-state index in [9.17, 15) is 14.9 Å². The van der Waals surface area contributed by atoms with Crippen LogP contribution in [-0.4, -0.2) is 34.9 Å². The van der Waals surface area contributed by atoms with Gasteiger partial charge in [0.2, 0.25) is 0 Å². The van der Waals surface area contributed by atoms with Crippen LogP contribution in [-0.2, 0) is 0 Å². The molecule has 0 unspecified atom stereocenters. The van der Waals surface area contributed by atoms with Crippen LogP contribution < -0.4 is 5.73 Å². The van der Waals surface area contributed by atoms with Crippen molar-refractivity contribution in [3.63, 3.8) is 0 Å². The lowest BCUT2D eigenvalue weighted by atomic mass is 10.0. The normalized spacial score (nSPS) is 15.6. The topological polar surface area (TPSA) is 89.5 Å². The predicted octanol–water partition coefficient (Wildman–Crippen LogP) is 2.23.